The third kappa shape index (κ3) is 4.92. The van der Waals surface area contributed by atoms with E-state index < -0.39 is 9.84 Å². The van der Waals surface area contributed by atoms with Crippen LogP contribution in [0.1, 0.15) is 6.92 Å². The highest BCUT2D eigenvalue weighted by Crippen LogP contribution is 2.15. The number of rotatable bonds is 5. The van der Waals surface area contributed by atoms with E-state index in [4.69, 9.17) is 4.74 Å². The number of urea groups is 1. The Hall–Kier alpha value is -1.64. The highest BCUT2D eigenvalue weighted by atomic mass is 32.2. The van der Waals surface area contributed by atoms with Crippen LogP contribution in [0.5, 0.6) is 0 Å². The van der Waals surface area contributed by atoms with E-state index >= 15 is 0 Å². The Morgan fingerprint density at radius 1 is 1.30 bits per heavy atom. The number of sulfone groups is 1. The van der Waals surface area contributed by atoms with E-state index in [0.29, 0.717) is 12.3 Å². The summed E-state index contributed by atoms with van der Waals surface area (Å²) in [5.41, 5.74) is 0.536. The largest absolute Gasteiger partial charge is 0.375 e. The maximum absolute atomic E-state index is 12.1. The molecule has 1 aromatic rings. The van der Waals surface area contributed by atoms with Crippen molar-refractivity contribution in [2.75, 3.05) is 38.3 Å². The molecular weight excluding hydrogens is 318 g/mol. The normalized spacial score (nSPS) is 22.0. The van der Waals surface area contributed by atoms with E-state index in [0.717, 1.165) is 19.3 Å². The van der Waals surface area contributed by atoms with Crippen molar-refractivity contribution >= 4 is 21.6 Å². The van der Waals surface area contributed by atoms with Gasteiger partial charge < -0.3 is 20.3 Å². The smallest absolute Gasteiger partial charge is 0.319 e. The zero-order valence-corrected chi connectivity index (χ0v) is 14.4. The topological polar surface area (TPSA) is 87.7 Å². The number of amides is 2. The second-order valence-electron chi connectivity index (χ2n) is 5.72. The molecule has 2 amide bonds. The molecule has 2 N–H and O–H groups in total. The van der Waals surface area contributed by atoms with Gasteiger partial charge in [0.2, 0.25) is 0 Å². The summed E-state index contributed by atoms with van der Waals surface area (Å²) in [6, 6.07) is 5.67. The lowest BCUT2D eigenvalue weighted by Gasteiger charge is -2.20. The van der Waals surface area contributed by atoms with Gasteiger partial charge in [-0.1, -0.05) is 0 Å². The summed E-state index contributed by atoms with van der Waals surface area (Å²) >= 11 is 0. The Bertz CT molecular complexity index is 645. The maximum atomic E-state index is 12.1. The van der Waals surface area contributed by atoms with Crippen molar-refractivity contribution in [1.29, 1.82) is 0 Å². The molecule has 1 fully saturated rings. The summed E-state index contributed by atoms with van der Waals surface area (Å²) in [6.07, 6.45) is 1.12. The van der Waals surface area contributed by atoms with Crippen molar-refractivity contribution in [1.82, 2.24) is 10.2 Å². The lowest BCUT2D eigenvalue weighted by Crippen LogP contribution is -2.45. The number of benzene rings is 1. The lowest BCUT2D eigenvalue weighted by atomic mass is 10.2. The van der Waals surface area contributed by atoms with Crippen LogP contribution >= 0.6 is 0 Å². The summed E-state index contributed by atoms with van der Waals surface area (Å²) in [7, 11) is -1.26. The van der Waals surface area contributed by atoms with Crippen LogP contribution in [-0.4, -0.2) is 64.5 Å². The van der Waals surface area contributed by atoms with Crippen LogP contribution in [0, 0.1) is 0 Å². The molecule has 0 spiro atoms. The fraction of sp³-hybridized carbons (Fsp3) is 0.533. The Balaban J connectivity index is 1.94. The van der Waals surface area contributed by atoms with Crippen LogP contribution < -0.4 is 10.6 Å². The fourth-order valence-electron chi connectivity index (χ4n) is 2.60. The Morgan fingerprint density at radius 2 is 1.96 bits per heavy atom. The summed E-state index contributed by atoms with van der Waals surface area (Å²) in [5.74, 6) is 0. The second kappa shape index (κ2) is 7.29. The lowest BCUT2D eigenvalue weighted by molar-refractivity contribution is 0.0568. The molecule has 0 unspecified atom stereocenters. The first kappa shape index (κ1) is 17.7. The third-order valence-electron chi connectivity index (χ3n) is 3.69. The van der Waals surface area contributed by atoms with Crippen LogP contribution in [0.3, 0.4) is 0 Å². The van der Waals surface area contributed by atoms with Crippen LogP contribution in [0.15, 0.2) is 29.2 Å². The highest BCUT2D eigenvalue weighted by molar-refractivity contribution is 7.90. The van der Waals surface area contributed by atoms with E-state index in [9.17, 15) is 13.2 Å². The van der Waals surface area contributed by atoms with Gasteiger partial charge in [-0.05, 0) is 38.2 Å². The van der Waals surface area contributed by atoms with Gasteiger partial charge in [-0.15, -0.1) is 0 Å². The van der Waals surface area contributed by atoms with Gasteiger partial charge in [-0.2, -0.15) is 0 Å². The number of anilines is 1. The SMILES string of the molecule is CCO[C@H]1CN(C)C[C@@H]1NC(=O)Nc1ccc(S(C)(=O)=O)cc1. The van der Waals surface area contributed by atoms with Crippen molar-refractivity contribution in [3.63, 3.8) is 0 Å². The third-order valence-corrected chi connectivity index (χ3v) is 4.81. The molecule has 7 nitrogen and oxygen atoms in total. The number of ether oxygens (including phenoxy) is 1. The van der Waals surface area contributed by atoms with Gasteiger partial charge in [0.15, 0.2) is 9.84 Å². The zero-order valence-electron chi connectivity index (χ0n) is 13.6. The van der Waals surface area contributed by atoms with Gasteiger partial charge in [0.05, 0.1) is 17.0 Å². The number of hydrogen-bond donors (Lipinski definition) is 2. The zero-order chi connectivity index (χ0) is 17.0. The van der Waals surface area contributed by atoms with E-state index in [1.165, 1.54) is 12.1 Å². The predicted octanol–water partition coefficient (Wildman–Crippen LogP) is 0.931. The molecule has 1 aliphatic heterocycles. The Kier molecular flexibility index (Phi) is 5.61. The van der Waals surface area contributed by atoms with Crippen molar-refractivity contribution < 1.29 is 17.9 Å². The Labute approximate surface area is 136 Å². The molecule has 1 aliphatic rings. The minimum absolute atomic E-state index is 0.0247. The molecule has 1 aromatic carbocycles. The number of likely N-dealkylation sites (N-methyl/N-ethyl adjacent to an activating group) is 1. The maximum Gasteiger partial charge on any atom is 0.319 e. The molecule has 0 bridgehead atoms. The molecule has 8 heteroatoms. The Morgan fingerprint density at radius 3 is 2.52 bits per heavy atom. The molecule has 23 heavy (non-hydrogen) atoms. The van der Waals surface area contributed by atoms with Crippen LogP contribution in [0.2, 0.25) is 0 Å². The van der Waals surface area contributed by atoms with Crippen molar-refractivity contribution in [3.05, 3.63) is 24.3 Å². The highest BCUT2D eigenvalue weighted by Gasteiger charge is 2.32. The van der Waals surface area contributed by atoms with Gasteiger partial charge in [0.25, 0.3) is 0 Å². The van der Waals surface area contributed by atoms with Crippen LogP contribution in [0.4, 0.5) is 10.5 Å². The minimum Gasteiger partial charge on any atom is -0.375 e. The number of carbonyl (C=O) groups excluding carboxylic acids is 1. The van der Waals surface area contributed by atoms with Gasteiger partial charge in [0, 0.05) is 31.6 Å². The molecule has 128 valence electrons. The summed E-state index contributed by atoms with van der Waals surface area (Å²) in [6.45, 7) is 4.04. The molecule has 1 heterocycles. The number of likely N-dealkylation sites (tertiary alicyclic amines) is 1. The number of nitrogens with zero attached hydrogens (tertiary/aromatic N) is 1. The van der Waals surface area contributed by atoms with Crippen LogP contribution in [-0.2, 0) is 14.6 Å². The van der Waals surface area contributed by atoms with Gasteiger partial charge in [-0.25, -0.2) is 13.2 Å². The first-order valence-electron chi connectivity index (χ1n) is 7.47. The quantitative estimate of drug-likeness (QED) is 0.832. The average molecular weight is 341 g/mol. The molecule has 0 aromatic heterocycles. The number of nitrogens with one attached hydrogen (secondary N) is 2. The molecule has 0 radical (unpaired) electrons. The van der Waals surface area contributed by atoms with E-state index in [1.807, 2.05) is 14.0 Å². The summed E-state index contributed by atoms with van der Waals surface area (Å²) in [4.78, 5) is 14.4. The van der Waals surface area contributed by atoms with Crippen LogP contribution in [0.25, 0.3) is 0 Å². The van der Waals surface area contributed by atoms with E-state index in [-0.39, 0.29) is 23.1 Å². The number of hydrogen-bond acceptors (Lipinski definition) is 5. The first-order chi connectivity index (χ1) is 10.8. The molecule has 2 rings (SSSR count). The summed E-state index contributed by atoms with van der Waals surface area (Å²) < 4.78 is 28.5. The summed E-state index contributed by atoms with van der Waals surface area (Å²) in [5, 5.41) is 5.61. The van der Waals surface area contributed by atoms with Crippen molar-refractivity contribution in [3.8, 4) is 0 Å². The molecule has 0 saturated carbocycles. The van der Waals surface area contributed by atoms with Gasteiger partial charge in [-0.3, -0.25) is 0 Å². The molecule has 1 saturated heterocycles. The average Bonchev–Trinajstić information content (AvgIpc) is 2.78. The molecular formula is C15H23N3O4S. The van der Waals surface area contributed by atoms with E-state index in [1.54, 1.807) is 12.1 Å². The second-order valence-corrected chi connectivity index (χ2v) is 7.73. The van der Waals surface area contributed by atoms with Crippen molar-refractivity contribution in [2.24, 2.45) is 0 Å². The predicted molar refractivity (Wildman–Crippen MR) is 88.4 cm³/mol. The van der Waals surface area contributed by atoms with E-state index in [2.05, 4.69) is 15.5 Å². The van der Waals surface area contributed by atoms with Crippen molar-refractivity contribution in [2.45, 2.75) is 24.0 Å². The van der Waals surface area contributed by atoms with Gasteiger partial charge >= 0.3 is 6.03 Å². The molecule has 2 atom stereocenters. The fourth-order valence-corrected chi connectivity index (χ4v) is 3.24. The first-order valence-corrected chi connectivity index (χ1v) is 9.36. The monoisotopic (exact) mass is 341 g/mol. The number of carbonyl (C=O) groups is 1. The minimum atomic E-state index is -3.24. The molecule has 0 aliphatic carbocycles. The van der Waals surface area contributed by atoms with Gasteiger partial charge in [0.1, 0.15) is 0 Å². The standard InChI is InChI=1S/C15H23N3O4S/c1-4-22-14-10-18(2)9-13(14)17-15(19)16-11-5-7-12(8-6-11)23(3,20)21/h5-8,13-14H,4,9-10H2,1-3H3,(H2,16,17,19)/t13-,14-/m0/s1.